The van der Waals surface area contributed by atoms with Crippen LogP contribution in [0.2, 0.25) is 0 Å². The van der Waals surface area contributed by atoms with E-state index < -0.39 is 0 Å². The van der Waals surface area contributed by atoms with Gasteiger partial charge in [-0.2, -0.15) is 0 Å². The molecule has 2 amide bonds. The summed E-state index contributed by atoms with van der Waals surface area (Å²) < 4.78 is 0. The lowest BCUT2D eigenvalue weighted by atomic mass is 9.97. The Morgan fingerprint density at radius 2 is 1.76 bits per heavy atom. The standard InChI is InChI=1S/C19H23N3O3/c23-12-13-6-9-21(10-7-13)15-2-1-3-16-14(15)8-11-22(16)17-4-5-18(24)20-19(17)25/h1-3,12-13,17H,4-11H2,(H,20,24,25). The van der Waals surface area contributed by atoms with Gasteiger partial charge in [-0.15, -0.1) is 0 Å². The zero-order valence-electron chi connectivity index (χ0n) is 14.2. The number of fused-ring (bicyclic) bond motifs is 1. The fraction of sp³-hybridized carbons (Fsp3) is 0.526. The van der Waals surface area contributed by atoms with Crippen LogP contribution in [0.1, 0.15) is 31.2 Å². The van der Waals surface area contributed by atoms with E-state index in [0.717, 1.165) is 50.9 Å². The summed E-state index contributed by atoms with van der Waals surface area (Å²) in [6, 6.07) is 6.02. The predicted octanol–water partition coefficient (Wildman–Crippen LogP) is 1.27. The summed E-state index contributed by atoms with van der Waals surface area (Å²) in [4.78, 5) is 39.1. The maximum atomic E-state index is 12.2. The highest BCUT2D eigenvalue weighted by molar-refractivity contribution is 6.02. The van der Waals surface area contributed by atoms with E-state index in [2.05, 4.69) is 27.2 Å². The van der Waals surface area contributed by atoms with Crippen LogP contribution in [-0.2, 0) is 20.8 Å². The first kappa shape index (κ1) is 16.1. The third-order valence-electron chi connectivity index (χ3n) is 5.70. The van der Waals surface area contributed by atoms with Crippen LogP contribution in [0.5, 0.6) is 0 Å². The Kier molecular flexibility index (Phi) is 4.19. The van der Waals surface area contributed by atoms with E-state index in [1.807, 2.05) is 6.07 Å². The van der Waals surface area contributed by atoms with Crippen LogP contribution in [0.4, 0.5) is 11.4 Å². The monoisotopic (exact) mass is 341 g/mol. The minimum absolute atomic E-state index is 0.174. The first-order valence-corrected chi connectivity index (χ1v) is 9.10. The van der Waals surface area contributed by atoms with E-state index in [9.17, 15) is 14.4 Å². The van der Waals surface area contributed by atoms with E-state index in [1.54, 1.807) is 0 Å². The van der Waals surface area contributed by atoms with E-state index in [1.165, 1.54) is 11.3 Å². The molecule has 1 unspecified atom stereocenters. The van der Waals surface area contributed by atoms with Gasteiger partial charge in [0.05, 0.1) is 0 Å². The van der Waals surface area contributed by atoms with Crippen molar-refractivity contribution in [1.29, 1.82) is 0 Å². The van der Waals surface area contributed by atoms with Crippen molar-refractivity contribution in [1.82, 2.24) is 5.32 Å². The largest absolute Gasteiger partial charge is 0.371 e. The first-order valence-electron chi connectivity index (χ1n) is 9.10. The molecule has 4 rings (SSSR count). The molecular formula is C19H23N3O3. The van der Waals surface area contributed by atoms with Crippen molar-refractivity contribution in [2.75, 3.05) is 29.4 Å². The number of carbonyl (C=O) groups excluding carboxylic acids is 3. The minimum atomic E-state index is -0.255. The molecule has 132 valence electrons. The fourth-order valence-electron chi connectivity index (χ4n) is 4.32. The molecule has 1 atom stereocenters. The average molecular weight is 341 g/mol. The fourth-order valence-corrected chi connectivity index (χ4v) is 4.32. The van der Waals surface area contributed by atoms with Crippen molar-refractivity contribution < 1.29 is 14.4 Å². The lowest BCUT2D eigenvalue weighted by Gasteiger charge is -2.34. The Hall–Kier alpha value is -2.37. The summed E-state index contributed by atoms with van der Waals surface area (Å²) in [7, 11) is 0. The number of hydrogen-bond acceptors (Lipinski definition) is 5. The average Bonchev–Trinajstić information content (AvgIpc) is 3.06. The lowest BCUT2D eigenvalue weighted by Crippen LogP contribution is -2.52. The van der Waals surface area contributed by atoms with Crippen molar-refractivity contribution in [3.63, 3.8) is 0 Å². The molecule has 0 aromatic heterocycles. The van der Waals surface area contributed by atoms with Crippen LogP contribution in [0.25, 0.3) is 0 Å². The van der Waals surface area contributed by atoms with E-state index in [4.69, 9.17) is 0 Å². The summed E-state index contributed by atoms with van der Waals surface area (Å²) in [6.45, 7) is 2.61. The molecule has 0 aliphatic carbocycles. The number of imide groups is 1. The molecular weight excluding hydrogens is 318 g/mol. The molecule has 0 radical (unpaired) electrons. The zero-order chi connectivity index (χ0) is 17.4. The summed E-state index contributed by atoms with van der Waals surface area (Å²) in [5, 5.41) is 2.46. The second kappa shape index (κ2) is 6.50. The van der Waals surface area contributed by atoms with E-state index in [-0.39, 0.29) is 23.8 Å². The number of aldehydes is 1. The summed E-state index contributed by atoms with van der Waals surface area (Å²) in [5.74, 6) is -0.165. The molecule has 6 heteroatoms. The summed E-state index contributed by atoms with van der Waals surface area (Å²) >= 11 is 0. The van der Waals surface area contributed by atoms with Crippen molar-refractivity contribution in [3.8, 4) is 0 Å². The Balaban J connectivity index is 1.57. The number of nitrogens with zero attached hydrogens (tertiary/aromatic N) is 2. The molecule has 1 aromatic rings. The predicted molar refractivity (Wildman–Crippen MR) is 94.7 cm³/mol. The Morgan fingerprint density at radius 1 is 1.00 bits per heavy atom. The SMILES string of the molecule is O=CC1CCN(c2cccc3c2CCN3C2CCC(=O)NC2=O)CC1. The Labute approximate surface area is 147 Å². The molecule has 1 N–H and O–H groups in total. The number of amides is 2. The van der Waals surface area contributed by atoms with Crippen molar-refractivity contribution >= 4 is 29.5 Å². The van der Waals surface area contributed by atoms with Gasteiger partial charge in [0.15, 0.2) is 0 Å². The number of nitrogens with one attached hydrogen (secondary N) is 1. The maximum absolute atomic E-state index is 12.2. The van der Waals surface area contributed by atoms with E-state index in [0.29, 0.717) is 12.8 Å². The number of carbonyl (C=O) groups is 3. The van der Waals surface area contributed by atoms with Crippen LogP contribution in [-0.4, -0.2) is 43.8 Å². The number of piperidine rings is 2. The molecule has 0 saturated carbocycles. The second-order valence-electron chi connectivity index (χ2n) is 7.15. The highest BCUT2D eigenvalue weighted by Crippen LogP contribution is 2.38. The molecule has 6 nitrogen and oxygen atoms in total. The third kappa shape index (κ3) is 2.90. The molecule has 1 aromatic carbocycles. The normalized spacial score (nSPS) is 24.2. The second-order valence-corrected chi connectivity index (χ2v) is 7.15. The van der Waals surface area contributed by atoms with Gasteiger partial charge in [-0.3, -0.25) is 14.9 Å². The van der Waals surface area contributed by atoms with Crippen LogP contribution < -0.4 is 15.1 Å². The molecule has 0 bridgehead atoms. The van der Waals surface area contributed by atoms with Crippen LogP contribution >= 0.6 is 0 Å². The van der Waals surface area contributed by atoms with Gasteiger partial charge in [-0.05, 0) is 37.8 Å². The molecule has 0 spiro atoms. The topological polar surface area (TPSA) is 69.7 Å². The summed E-state index contributed by atoms with van der Waals surface area (Å²) in [5.41, 5.74) is 3.64. The van der Waals surface area contributed by atoms with Crippen LogP contribution in [0.3, 0.4) is 0 Å². The van der Waals surface area contributed by atoms with Gasteiger partial charge in [0.25, 0.3) is 0 Å². The first-order chi connectivity index (χ1) is 12.2. The van der Waals surface area contributed by atoms with Gasteiger partial charge in [0.2, 0.25) is 11.8 Å². The smallest absolute Gasteiger partial charge is 0.249 e. The molecule has 2 saturated heterocycles. The quantitative estimate of drug-likeness (QED) is 0.662. The highest BCUT2D eigenvalue weighted by Gasteiger charge is 2.36. The minimum Gasteiger partial charge on any atom is -0.371 e. The Bertz CT molecular complexity index is 710. The molecule has 3 heterocycles. The molecule has 2 fully saturated rings. The van der Waals surface area contributed by atoms with Crippen molar-refractivity contribution in [2.24, 2.45) is 5.92 Å². The van der Waals surface area contributed by atoms with Gasteiger partial charge >= 0.3 is 0 Å². The van der Waals surface area contributed by atoms with Gasteiger partial charge in [-0.25, -0.2) is 0 Å². The molecule has 25 heavy (non-hydrogen) atoms. The zero-order valence-corrected chi connectivity index (χ0v) is 14.2. The molecule has 3 aliphatic rings. The highest BCUT2D eigenvalue weighted by atomic mass is 16.2. The lowest BCUT2D eigenvalue weighted by molar-refractivity contribution is -0.134. The number of rotatable bonds is 3. The van der Waals surface area contributed by atoms with Gasteiger partial charge in [0.1, 0.15) is 12.3 Å². The number of anilines is 2. The maximum Gasteiger partial charge on any atom is 0.249 e. The van der Waals surface area contributed by atoms with Gasteiger partial charge in [-0.1, -0.05) is 6.07 Å². The Morgan fingerprint density at radius 3 is 2.48 bits per heavy atom. The third-order valence-corrected chi connectivity index (χ3v) is 5.70. The van der Waals surface area contributed by atoms with Crippen molar-refractivity contribution in [2.45, 2.75) is 38.1 Å². The van der Waals surface area contributed by atoms with Crippen LogP contribution in [0, 0.1) is 5.92 Å². The van der Waals surface area contributed by atoms with Gasteiger partial charge in [0, 0.05) is 48.9 Å². The van der Waals surface area contributed by atoms with Crippen LogP contribution in [0.15, 0.2) is 18.2 Å². The number of hydrogen-bond donors (Lipinski definition) is 1. The molecule has 3 aliphatic heterocycles. The van der Waals surface area contributed by atoms with Gasteiger partial charge < -0.3 is 14.6 Å². The number of benzene rings is 1. The van der Waals surface area contributed by atoms with Crippen molar-refractivity contribution in [3.05, 3.63) is 23.8 Å². The summed E-state index contributed by atoms with van der Waals surface area (Å²) in [6.07, 6.45) is 4.79. The van der Waals surface area contributed by atoms with E-state index >= 15 is 0 Å².